The van der Waals surface area contributed by atoms with E-state index in [0.29, 0.717) is 24.5 Å². The summed E-state index contributed by atoms with van der Waals surface area (Å²) in [5, 5.41) is 7.45. The highest BCUT2D eigenvalue weighted by Crippen LogP contribution is 2.36. The van der Waals surface area contributed by atoms with Crippen LogP contribution in [0, 0.1) is 5.82 Å². The van der Waals surface area contributed by atoms with Gasteiger partial charge in [-0.2, -0.15) is 5.10 Å². The van der Waals surface area contributed by atoms with Gasteiger partial charge in [-0.3, -0.25) is 9.48 Å². The number of aromatic nitrogens is 2. The first kappa shape index (κ1) is 18.9. The highest BCUT2D eigenvalue weighted by atomic mass is 35.5. The Bertz CT molecular complexity index is 1130. The topological polar surface area (TPSA) is 74.6 Å². The molecule has 0 bridgehead atoms. The third-order valence-corrected chi connectivity index (χ3v) is 5.44. The van der Waals surface area contributed by atoms with Crippen molar-refractivity contribution in [2.45, 2.75) is 25.8 Å². The van der Waals surface area contributed by atoms with E-state index in [9.17, 15) is 9.18 Å². The van der Waals surface area contributed by atoms with Crippen LogP contribution in [0.1, 0.15) is 33.4 Å². The number of carbonyl (C=O) groups excluding carboxylic acids is 1. The van der Waals surface area contributed by atoms with Crippen molar-refractivity contribution in [2.24, 2.45) is 0 Å². The van der Waals surface area contributed by atoms with Crippen LogP contribution in [-0.2, 0) is 24.4 Å². The number of fused-ring (bicyclic) bond motifs is 2. The lowest BCUT2D eigenvalue weighted by Crippen LogP contribution is -2.24. The van der Waals surface area contributed by atoms with Gasteiger partial charge in [-0.05, 0) is 41.5 Å². The lowest BCUT2D eigenvalue weighted by Gasteiger charge is -2.24. The van der Waals surface area contributed by atoms with Gasteiger partial charge in [0, 0.05) is 11.6 Å². The van der Waals surface area contributed by atoms with Crippen LogP contribution in [0.25, 0.3) is 0 Å². The zero-order valence-electron chi connectivity index (χ0n) is 15.7. The van der Waals surface area contributed by atoms with E-state index in [0.717, 1.165) is 17.0 Å². The fourth-order valence-corrected chi connectivity index (χ4v) is 3.72. The molecule has 1 atom stereocenters. The van der Waals surface area contributed by atoms with E-state index >= 15 is 0 Å². The molecule has 0 saturated carbocycles. The predicted octanol–water partition coefficient (Wildman–Crippen LogP) is 3.61. The summed E-state index contributed by atoms with van der Waals surface area (Å²) < 4.78 is 31.7. The molecule has 0 saturated heterocycles. The Morgan fingerprint density at radius 3 is 2.93 bits per heavy atom. The smallest absolute Gasteiger partial charge is 0.272 e. The van der Waals surface area contributed by atoms with Crippen molar-refractivity contribution in [2.75, 3.05) is 6.79 Å². The molecular weight excluding hydrogens is 413 g/mol. The maximum Gasteiger partial charge on any atom is 0.272 e. The van der Waals surface area contributed by atoms with Crippen LogP contribution in [0.5, 0.6) is 11.5 Å². The monoisotopic (exact) mass is 429 g/mol. The SMILES string of the molecule is O=C(NCc1ccc(F)cc1Cl)c1cc2n(n1)C[C@H](c1ccc3c(c1)OCO3)OC2. The molecular formula is C21H17ClFN3O4. The molecule has 7 nitrogen and oxygen atoms in total. The first-order valence-electron chi connectivity index (χ1n) is 9.37. The lowest BCUT2D eigenvalue weighted by molar-refractivity contribution is -0.00128. The van der Waals surface area contributed by atoms with Gasteiger partial charge in [0.05, 0.1) is 18.8 Å². The molecule has 0 aliphatic carbocycles. The highest BCUT2D eigenvalue weighted by Gasteiger charge is 2.26. The molecule has 5 rings (SSSR count). The van der Waals surface area contributed by atoms with Crippen LogP contribution in [0.3, 0.4) is 0 Å². The van der Waals surface area contributed by atoms with Gasteiger partial charge >= 0.3 is 0 Å². The van der Waals surface area contributed by atoms with E-state index in [1.165, 1.54) is 12.1 Å². The minimum absolute atomic E-state index is 0.177. The average Bonchev–Trinajstić information content (AvgIpc) is 3.38. The molecule has 9 heteroatoms. The molecule has 3 aromatic rings. The molecule has 0 spiro atoms. The maximum atomic E-state index is 13.2. The molecule has 1 N–H and O–H groups in total. The normalized spacial score (nSPS) is 16.9. The lowest BCUT2D eigenvalue weighted by atomic mass is 10.1. The number of carbonyl (C=O) groups is 1. The van der Waals surface area contributed by atoms with Crippen LogP contribution >= 0.6 is 11.6 Å². The molecule has 2 aliphatic heterocycles. The quantitative estimate of drug-likeness (QED) is 0.685. The third kappa shape index (κ3) is 3.59. The van der Waals surface area contributed by atoms with Gasteiger partial charge < -0.3 is 19.5 Å². The summed E-state index contributed by atoms with van der Waals surface area (Å²) in [6.45, 7) is 1.21. The van der Waals surface area contributed by atoms with Gasteiger partial charge in [-0.15, -0.1) is 0 Å². The van der Waals surface area contributed by atoms with Crippen molar-refractivity contribution in [1.82, 2.24) is 15.1 Å². The number of nitrogens with zero attached hydrogens (tertiary/aromatic N) is 2. The van der Waals surface area contributed by atoms with Gasteiger partial charge in [-0.1, -0.05) is 23.7 Å². The standard InChI is InChI=1S/C21H17ClFN3O4/c22-16-6-14(23)3-1-13(16)8-24-21(27)17-7-15-10-28-20(9-26(15)25-17)12-2-4-18-19(5-12)30-11-29-18/h1-7,20H,8-11H2,(H,24,27)/t20-/m1/s1. The molecule has 0 unspecified atom stereocenters. The van der Waals surface area contributed by atoms with E-state index in [1.807, 2.05) is 18.2 Å². The highest BCUT2D eigenvalue weighted by molar-refractivity contribution is 6.31. The van der Waals surface area contributed by atoms with E-state index in [4.69, 9.17) is 25.8 Å². The second kappa shape index (κ2) is 7.62. The average molecular weight is 430 g/mol. The van der Waals surface area contributed by atoms with E-state index in [1.54, 1.807) is 16.8 Å². The summed E-state index contributed by atoms with van der Waals surface area (Å²) in [6.07, 6.45) is -0.208. The molecule has 0 fully saturated rings. The van der Waals surface area contributed by atoms with Crippen LogP contribution in [0.4, 0.5) is 4.39 Å². The third-order valence-electron chi connectivity index (χ3n) is 5.09. The van der Waals surface area contributed by atoms with Gasteiger partial charge in [-0.25, -0.2) is 4.39 Å². The summed E-state index contributed by atoms with van der Waals surface area (Å²) in [4.78, 5) is 12.5. The van der Waals surface area contributed by atoms with Gasteiger partial charge in [0.25, 0.3) is 5.91 Å². The largest absolute Gasteiger partial charge is 0.454 e. The number of hydrogen-bond acceptors (Lipinski definition) is 5. The summed E-state index contributed by atoms with van der Waals surface area (Å²) in [7, 11) is 0. The van der Waals surface area contributed by atoms with Crippen molar-refractivity contribution >= 4 is 17.5 Å². The molecule has 1 aromatic heterocycles. The number of amides is 1. The minimum atomic E-state index is -0.422. The van der Waals surface area contributed by atoms with Crippen LogP contribution in [-0.4, -0.2) is 22.5 Å². The first-order chi connectivity index (χ1) is 14.6. The molecule has 2 aromatic carbocycles. The van der Waals surface area contributed by atoms with Gasteiger partial charge in [0.1, 0.15) is 11.9 Å². The van der Waals surface area contributed by atoms with Crippen molar-refractivity contribution in [3.63, 3.8) is 0 Å². The fourth-order valence-electron chi connectivity index (χ4n) is 3.48. The van der Waals surface area contributed by atoms with Gasteiger partial charge in [0.15, 0.2) is 17.2 Å². The molecule has 1 amide bonds. The Kier molecular flexibility index (Phi) is 4.80. The molecule has 0 radical (unpaired) electrons. The fraction of sp³-hybridized carbons (Fsp3) is 0.238. The van der Waals surface area contributed by atoms with Crippen LogP contribution in [0.15, 0.2) is 42.5 Å². The summed E-state index contributed by atoms with van der Waals surface area (Å²) in [5.41, 5.74) is 2.69. The first-order valence-corrected chi connectivity index (χ1v) is 9.74. The molecule has 30 heavy (non-hydrogen) atoms. The number of ether oxygens (including phenoxy) is 3. The van der Waals surface area contributed by atoms with Crippen molar-refractivity contribution < 1.29 is 23.4 Å². The van der Waals surface area contributed by atoms with Crippen molar-refractivity contribution in [3.05, 3.63) is 75.8 Å². The summed E-state index contributed by atoms with van der Waals surface area (Å²) >= 11 is 6.01. The molecule has 2 aliphatic rings. The van der Waals surface area contributed by atoms with E-state index in [2.05, 4.69) is 10.4 Å². The number of hydrogen-bond donors (Lipinski definition) is 1. The Hall–Kier alpha value is -3.10. The van der Waals surface area contributed by atoms with Crippen molar-refractivity contribution in [1.29, 1.82) is 0 Å². The maximum absolute atomic E-state index is 13.2. The molecule has 154 valence electrons. The summed E-state index contributed by atoms with van der Waals surface area (Å²) in [5.74, 6) is 0.655. The summed E-state index contributed by atoms with van der Waals surface area (Å²) in [6, 6.07) is 11.5. The zero-order chi connectivity index (χ0) is 20.7. The second-order valence-electron chi connectivity index (χ2n) is 7.03. The van der Waals surface area contributed by atoms with Crippen LogP contribution in [0.2, 0.25) is 5.02 Å². The number of rotatable bonds is 4. The predicted molar refractivity (Wildman–Crippen MR) is 105 cm³/mol. The minimum Gasteiger partial charge on any atom is -0.454 e. The number of nitrogens with one attached hydrogen (secondary N) is 1. The Morgan fingerprint density at radius 2 is 2.07 bits per heavy atom. The van der Waals surface area contributed by atoms with E-state index < -0.39 is 5.82 Å². The van der Waals surface area contributed by atoms with E-state index in [-0.39, 0.29) is 36.1 Å². The number of halogens is 2. The Balaban J connectivity index is 1.27. The Morgan fingerprint density at radius 1 is 1.20 bits per heavy atom. The second-order valence-corrected chi connectivity index (χ2v) is 7.44. The number of benzene rings is 2. The van der Waals surface area contributed by atoms with Crippen molar-refractivity contribution in [3.8, 4) is 11.5 Å². The van der Waals surface area contributed by atoms with Gasteiger partial charge in [0.2, 0.25) is 6.79 Å². The zero-order valence-corrected chi connectivity index (χ0v) is 16.5. The Labute approximate surface area is 176 Å². The van der Waals surface area contributed by atoms with Crippen LogP contribution < -0.4 is 14.8 Å². The molecule has 3 heterocycles.